The highest BCUT2D eigenvalue weighted by atomic mass is 16.4. The SMILES string of the molecule is Cc1c(CNC(=O)O)ccc2nc(N[C@@H](Cc3ccccc3)C(=O)N(C)Cc3ccccc3)oc(=O)c12. The summed E-state index contributed by atoms with van der Waals surface area (Å²) in [4.78, 5) is 43.3. The van der Waals surface area contributed by atoms with Crippen LogP contribution in [-0.2, 0) is 24.3 Å². The third-order valence-electron chi connectivity index (χ3n) is 6.12. The average molecular weight is 501 g/mol. The number of amides is 2. The van der Waals surface area contributed by atoms with Crippen molar-refractivity contribution in [1.82, 2.24) is 15.2 Å². The van der Waals surface area contributed by atoms with Gasteiger partial charge in [-0.15, -0.1) is 0 Å². The van der Waals surface area contributed by atoms with E-state index < -0.39 is 17.8 Å². The predicted molar refractivity (Wildman–Crippen MR) is 140 cm³/mol. The first kappa shape index (κ1) is 25.4. The summed E-state index contributed by atoms with van der Waals surface area (Å²) in [6, 6.07) is 21.8. The Morgan fingerprint density at radius 1 is 1.00 bits per heavy atom. The average Bonchev–Trinajstić information content (AvgIpc) is 2.88. The Kier molecular flexibility index (Phi) is 7.83. The van der Waals surface area contributed by atoms with Crippen molar-refractivity contribution in [3.8, 4) is 0 Å². The van der Waals surface area contributed by atoms with E-state index in [1.807, 2.05) is 60.7 Å². The van der Waals surface area contributed by atoms with E-state index in [0.29, 0.717) is 29.6 Å². The van der Waals surface area contributed by atoms with E-state index in [4.69, 9.17) is 9.52 Å². The van der Waals surface area contributed by atoms with Crippen LogP contribution in [0.5, 0.6) is 0 Å². The van der Waals surface area contributed by atoms with E-state index in [2.05, 4.69) is 15.6 Å². The lowest BCUT2D eigenvalue weighted by atomic mass is 10.0. The minimum atomic E-state index is -1.16. The van der Waals surface area contributed by atoms with Crippen LogP contribution in [0.25, 0.3) is 10.9 Å². The second kappa shape index (κ2) is 11.4. The first-order chi connectivity index (χ1) is 17.8. The molecule has 0 radical (unpaired) electrons. The standard InChI is InChI=1S/C28H28N4O5/c1-18-21(16-29-28(35)36)13-14-22-24(18)26(34)37-27(30-22)31-23(15-19-9-5-3-6-10-19)25(33)32(2)17-20-11-7-4-8-12-20/h3-14,23,29H,15-17H2,1-2H3,(H,30,31)(H,35,36)/t23-/m0/s1. The highest BCUT2D eigenvalue weighted by Gasteiger charge is 2.25. The quantitative estimate of drug-likeness (QED) is 0.318. The molecule has 9 nitrogen and oxygen atoms in total. The number of anilines is 1. The fraction of sp³-hybridized carbons (Fsp3) is 0.214. The molecular formula is C28H28N4O5. The zero-order valence-electron chi connectivity index (χ0n) is 20.6. The number of hydrogen-bond donors (Lipinski definition) is 3. The van der Waals surface area contributed by atoms with Gasteiger partial charge in [0.05, 0.1) is 10.9 Å². The number of rotatable bonds is 9. The normalized spacial score (nSPS) is 11.6. The van der Waals surface area contributed by atoms with Gasteiger partial charge in [-0.25, -0.2) is 9.59 Å². The fourth-order valence-electron chi connectivity index (χ4n) is 4.19. The van der Waals surface area contributed by atoms with Crippen LogP contribution in [0, 0.1) is 6.92 Å². The van der Waals surface area contributed by atoms with Crippen LogP contribution in [0.2, 0.25) is 0 Å². The van der Waals surface area contributed by atoms with Gasteiger partial charge in [-0.2, -0.15) is 4.98 Å². The molecule has 9 heteroatoms. The van der Waals surface area contributed by atoms with E-state index in [1.165, 1.54) is 0 Å². The molecule has 0 aliphatic carbocycles. The van der Waals surface area contributed by atoms with E-state index in [-0.39, 0.29) is 23.9 Å². The van der Waals surface area contributed by atoms with Crippen LogP contribution in [0.15, 0.2) is 82.0 Å². The minimum Gasteiger partial charge on any atom is -0.465 e. The van der Waals surface area contributed by atoms with Crippen molar-refractivity contribution in [2.75, 3.05) is 12.4 Å². The van der Waals surface area contributed by atoms with Gasteiger partial charge in [0, 0.05) is 26.6 Å². The number of fused-ring (bicyclic) bond motifs is 1. The molecule has 0 unspecified atom stereocenters. The third kappa shape index (κ3) is 6.32. The van der Waals surface area contributed by atoms with Crippen molar-refractivity contribution in [3.05, 3.63) is 105 Å². The lowest BCUT2D eigenvalue weighted by Gasteiger charge is -2.25. The van der Waals surface area contributed by atoms with Crippen LogP contribution in [0.3, 0.4) is 0 Å². The summed E-state index contributed by atoms with van der Waals surface area (Å²) in [5.41, 5.74) is 2.93. The first-order valence-corrected chi connectivity index (χ1v) is 11.8. The Bertz CT molecular complexity index is 1450. The van der Waals surface area contributed by atoms with Crippen LogP contribution in [-0.4, -0.2) is 40.1 Å². The Labute approximate surface area is 213 Å². The summed E-state index contributed by atoms with van der Waals surface area (Å²) in [6.45, 7) is 2.19. The molecule has 0 spiro atoms. The van der Waals surface area contributed by atoms with Crippen molar-refractivity contribution < 1.29 is 19.1 Å². The van der Waals surface area contributed by atoms with E-state index in [1.54, 1.807) is 31.0 Å². The molecule has 1 heterocycles. The Hall–Kier alpha value is -4.66. The molecule has 0 aliphatic rings. The molecule has 2 amide bonds. The maximum absolute atomic E-state index is 13.5. The van der Waals surface area contributed by atoms with Gasteiger partial charge < -0.3 is 25.1 Å². The zero-order valence-corrected chi connectivity index (χ0v) is 20.6. The summed E-state index contributed by atoms with van der Waals surface area (Å²) in [7, 11) is 1.73. The summed E-state index contributed by atoms with van der Waals surface area (Å²) in [5.74, 6) is -0.177. The van der Waals surface area contributed by atoms with Crippen LogP contribution < -0.4 is 16.3 Å². The highest BCUT2D eigenvalue weighted by Crippen LogP contribution is 2.20. The molecule has 1 aromatic heterocycles. The first-order valence-electron chi connectivity index (χ1n) is 11.8. The third-order valence-corrected chi connectivity index (χ3v) is 6.12. The number of hydrogen-bond acceptors (Lipinski definition) is 6. The lowest BCUT2D eigenvalue weighted by Crippen LogP contribution is -2.42. The Balaban J connectivity index is 1.62. The summed E-state index contributed by atoms with van der Waals surface area (Å²) in [5, 5.41) is 14.5. The molecule has 0 saturated heterocycles. The maximum atomic E-state index is 13.5. The van der Waals surface area contributed by atoms with E-state index in [0.717, 1.165) is 11.1 Å². The Morgan fingerprint density at radius 2 is 1.65 bits per heavy atom. The van der Waals surface area contributed by atoms with Gasteiger partial charge in [0.15, 0.2) is 0 Å². The molecule has 3 N–H and O–H groups in total. The van der Waals surface area contributed by atoms with Gasteiger partial charge in [0.1, 0.15) is 6.04 Å². The molecule has 0 bridgehead atoms. The largest absolute Gasteiger partial charge is 0.465 e. The molecule has 190 valence electrons. The molecule has 3 aromatic carbocycles. The van der Waals surface area contributed by atoms with Crippen molar-refractivity contribution in [2.24, 2.45) is 0 Å². The van der Waals surface area contributed by atoms with Gasteiger partial charge in [-0.1, -0.05) is 66.7 Å². The molecule has 0 saturated carbocycles. The van der Waals surface area contributed by atoms with Crippen molar-refractivity contribution >= 4 is 28.9 Å². The van der Waals surface area contributed by atoms with Crippen molar-refractivity contribution in [1.29, 1.82) is 0 Å². The molecule has 0 aliphatic heterocycles. The van der Waals surface area contributed by atoms with Gasteiger partial charge in [-0.05, 0) is 35.2 Å². The van der Waals surface area contributed by atoms with E-state index >= 15 is 0 Å². The number of carboxylic acid groups (broad SMARTS) is 1. The van der Waals surface area contributed by atoms with Gasteiger partial charge in [0.25, 0.3) is 6.01 Å². The summed E-state index contributed by atoms with van der Waals surface area (Å²) in [6.07, 6.45) is -0.795. The van der Waals surface area contributed by atoms with E-state index in [9.17, 15) is 14.4 Å². The topological polar surface area (TPSA) is 125 Å². The van der Waals surface area contributed by atoms with Crippen LogP contribution >= 0.6 is 0 Å². The number of aromatic nitrogens is 1. The van der Waals surface area contributed by atoms with Gasteiger partial charge in [-0.3, -0.25) is 4.79 Å². The number of nitrogens with one attached hydrogen (secondary N) is 2. The second-order valence-electron chi connectivity index (χ2n) is 8.78. The number of carbonyl (C=O) groups excluding carboxylic acids is 1. The van der Waals surface area contributed by atoms with Crippen LogP contribution in [0.1, 0.15) is 22.3 Å². The zero-order chi connectivity index (χ0) is 26.4. The molecule has 0 fully saturated rings. The summed E-state index contributed by atoms with van der Waals surface area (Å²) >= 11 is 0. The van der Waals surface area contributed by atoms with Crippen LogP contribution in [0.4, 0.5) is 10.8 Å². The predicted octanol–water partition coefficient (Wildman–Crippen LogP) is 3.95. The minimum absolute atomic E-state index is 0.0535. The molecule has 4 rings (SSSR count). The van der Waals surface area contributed by atoms with Gasteiger partial charge >= 0.3 is 11.7 Å². The number of carbonyl (C=O) groups is 2. The molecule has 1 atom stereocenters. The van der Waals surface area contributed by atoms with Crippen molar-refractivity contribution in [3.63, 3.8) is 0 Å². The molecular weight excluding hydrogens is 472 g/mol. The number of benzene rings is 3. The maximum Gasteiger partial charge on any atom is 0.404 e. The van der Waals surface area contributed by atoms with Crippen molar-refractivity contribution in [2.45, 2.75) is 32.5 Å². The number of nitrogens with zero attached hydrogens (tertiary/aromatic N) is 2. The van der Waals surface area contributed by atoms with Gasteiger partial charge in [0.2, 0.25) is 5.91 Å². The summed E-state index contributed by atoms with van der Waals surface area (Å²) < 4.78 is 5.48. The molecule has 4 aromatic rings. The highest BCUT2D eigenvalue weighted by molar-refractivity contribution is 5.85. The lowest BCUT2D eigenvalue weighted by molar-refractivity contribution is -0.131. The number of likely N-dealkylation sites (N-methyl/N-ethyl adjacent to an activating group) is 1. The number of aryl methyl sites for hydroxylation is 1. The Morgan fingerprint density at radius 3 is 2.30 bits per heavy atom. The monoisotopic (exact) mass is 500 g/mol. The fourth-order valence-corrected chi connectivity index (χ4v) is 4.19. The molecule has 37 heavy (non-hydrogen) atoms. The second-order valence-corrected chi connectivity index (χ2v) is 8.78. The smallest absolute Gasteiger partial charge is 0.404 e.